The van der Waals surface area contributed by atoms with Crippen molar-refractivity contribution in [3.8, 4) is 0 Å². The van der Waals surface area contributed by atoms with Crippen LogP contribution in [-0.2, 0) is 9.59 Å². The van der Waals surface area contributed by atoms with Gasteiger partial charge in [0.2, 0.25) is 5.91 Å². The summed E-state index contributed by atoms with van der Waals surface area (Å²) in [5.74, 6) is -1.10. The Morgan fingerprint density at radius 1 is 1.35 bits per heavy atom. The van der Waals surface area contributed by atoms with Gasteiger partial charge in [-0.05, 0) is 19.3 Å². The Labute approximate surface area is 103 Å². The van der Waals surface area contributed by atoms with E-state index in [9.17, 15) is 9.59 Å². The van der Waals surface area contributed by atoms with Gasteiger partial charge >= 0.3 is 5.97 Å². The molecule has 0 aromatic heterocycles. The van der Waals surface area contributed by atoms with E-state index >= 15 is 0 Å². The summed E-state index contributed by atoms with van der Waals surface area (Å²) in [6.45, 7) is 9.70. The van der Waals surface area contributed by atoms with Gasteiger partial charge in [0.1, 0.15) is 0 Å². The predicted molar refractivity (Wildman–Crippen MR) is 66.5 cm³/mol. The average Bonchev–Trinajstić information content (AvgIpc) is 2.14. The van der Waals surface area contributed by atoms with Crippen LogP contribution < -0.4 is 5.73 Å². The normalized spacial score (nSPS) is 15.2. The molecule has 17 heavy (non-hydrogen) atoms. The van der Waals surface area contributed by atoms with Crippen molar-refractivity contribution in [1.82, 2.24) is 4.90 Å². The van der Waals surface area contributed by atoms with Crippen LogP contribution in [-0.4, -0.2) is 40.5 Å². The zero-order valence-electron chi connectivity index (χ0n) is 11.4. The lowest BCUT2D eigenvalue weighted by atomic mass is 9.86. The smallest absolute Gasteiger partial charge is 0.305 e. The van der Waals surface area contributed by atoms with E-state index in [1.807, 2.05) is 27.7 Å². The van der Waals surface area contributed by atoms with E-state index in [-0.39, 0.29) is 23.8 Å². The number of nitrogens with zero attached hydrogens (tertiary/aromatic N) is 1. The molecule has 0 bridgehead atoms. The minimum atomic E-state index is -0.909. The Hall–Kier alpha value is -1.10. The van der Waals surface area contributed by atoms with Gasteiger partial charge in [0.05, 0.1) is 12.5 Å². The summed E-state index contributed by atoms with van der Waals surface area (Å²) in [6.07, 6.45) is -0.0591. The first-order chi connectivity index (χ1) is 7.61. The Kier molecular flexibility index (Phi) is 5.61. The zero-order valence-corrected chi connectivity index (χ0v) is 11.4. The minimum absolute atomic E-state index is 0.0591. The molecule has 0 aromatic carbocycles. The van der Waals surface area contributed by atoms with Crippen LogP contribution >= 0.6 is 0 Å². The van der Waals surface area contributed by atoms with Gasteiger partial charge in [-0.1, -0.05) is 20.8 Å². The number of carboxylic acids is 1. The van der Waals surface area contributed by atoms with Crippen molar-refractivity contribution in [3.63, 3.8) is 0 Å². The first-order valence-corrected chi connectivity index (χ1v) is 5.89. The van der Waals surface area contributed by atoms with Gasteiger partial charge in [-0.2, -0.15) is 0 Å². The molecule has 3 N–H and O–H groups in total. The number of hydrogen-bond acceptors (Lipinski definition) is 3. The SMILES string of the molecule is CCN(C(=O)[C@H](N)C(C)(C)C)C(C)CC(=O)O. The summed E-state index contributed by atoms with van der Waals surface area (Å²) >= 11 is 0. The summed E-state index contributed by atoms with van der Waals surface area (Å²) in [7, 11) is 0. The van der Waals surface area contributed by atoms with Crippen molar-refractivity contribution in [2.45, 2.75) is 53.1 Å². The fourth-order valence-electron chi connectivity index (χ4n) is 1.60. The Morgan fingerprint density at radius 3 is 2.12 bits per heavy atom. The lowest BCUT2D eigenvalue weighted by molar-refractivity contribution is -0.141. The number of nitrogens with two attached hydrogens (primary N) is 1. The van der Waals surface area contributed by atoms with E-state index < -0.39 is 12.0 Å². The molecule has 0 saturated heterocycles. The lowest BCUT2D eigenvalue weighted by Crippen LogP contribution is -2.53. The fraction of sp³-hybridized carbons (Fsp3) is 0.833. The van der Waals surface area contributed by atoms with Gasteiger partial charge in [-0.25, -0.2) is 0 Å². The van der Waals surface area contributed by atoms with Crippen molar-refractivity contribution in [3.05, 3.63) is 0 Å². The highest BCUT2D eigenvalue weighted by Gasteiger charge is 2.32. The van der Waals surface area contributed by atoms with Gasteiger partial charge in [0.25, 0.3) is 0 Å². The Morgan fingerprint density at radius 2 is 1.82 bits per heavy atom. The van der Waals surface area contributed by atoms with Gasteiger partial charge in [0, 0.05) is 12.6 Å². The molecule has 0 aliphatic carbocycles. The molecule has 5 heteroatoms. The molecule has 100 valence electrons. The zero-order chi connectivity index (χ0) is 13.8. The maximum Gasteiger partial charge on any atom is 0.305 e. The first kappa shape index (κ1) is 15.9. The van der Waals surface area contributed by atoms with Crippen LogP contribution in [0.2, 0.25) is 0 Å². The van der Waals surface area contributed by atoms with Gasteiger partial charge < -0.3 is 15.7 Å². The third kappa shape index (κ3) is 4.73. The average molecular weight is 244 g/mol. The number of carboxylic acid groups (broad SMARTS) is 1. The monoisotopic (exact) mass is 244 g/mol. The second kappa shape index (κ2) is 6.00. The van der Waals surface area contributed by atoms with Crippen LogP contribution in [0.3, 0.4) is 0 Å². The van der Waals surface area contributed by atoms with E-state index in [4.69, 9.17) is 10.8 Å². The minimum Gasteiger partial charge on any atom is -0.481 e. The van der Waals surface area contributed by atoms with Crippen molar-refractivity contribution in [2.75, 3.05) is 6.54 Å². The topological polar surface area (TPSA) is 83.6 Å². The summed E-state index contributed by atoms with van der Waals surface area (Å²) in [5, 5.41) is 8.74. The first-order valence-electron chi connectivity index (χ1n) is 5.89. The van der Waals surface area contributed by atoms with Crippen LogP contribution in [0, 0.1) is 5.41 Å². The molecule has 2 atom stereocenters. The standard InChI is InChI=1S/C12H24N2O3/c1-6-14(8(2)7-9(15)16)11(17)10(13)12(3,4)5/h8,10H,6-7,13H2,1-5H3,(H,15,16)/t8?,10-/m0/s1. The number of carbonyl (C=O) groups excluding carboxylic acids is 1. The highest BCUT2D eigenvalue weighted by molar-refractivity contribution is 5.83. The molecule has 0 radical (unpaired) electrons. The molecule has 0 fully saturated rings. The quantitative estimate of drug-likeness (QED) is 0.757. The molecule has 0 aromatic rings. The summed E-state index contributed by atoms with van der Waals surface area (Å²) in [6, 6.07) is -0.947. The fourth-order valence-corrected chi connectivity index (χ4v) is 1.60. The number of hydrogen-bond donors (Lipinski definition) is 2. The van der Waals surface area contributed by atoms with Crippen LogP contribution in [0.15, 0.2) is 0 Å². The molecule has 0 saturated carbocycles. The molecule has 1 unspecified atom stereocenters. The summed E-state index contributed by atoms with van der Waals surface area (Å²) in [4.78, 5) is 24.3. The molecule has 0 rings (SSSR count). The van der Waals surface area contributed by atoms with E-state index in [1.165, 1.54) is 4.90 Å². The second-order valence-corrected chi connectivity index (χ2v) is 5.41. The van der Waals surface area contributed by atoms with Crippen molar-refractivity contribution >= 4 is 11.9 Å². The molecular weight excluding hydrogens is 220 g/mol. The molecule has 1 amide bonds. The van der Waals surface area contributed by atoms with Crippen LogP contribution in [0.25, 0.3) is 0 Å². The highest BCUT2D eigenvalue weighted by Crippen LogP contribution is 2.20. The largest absolute Gasteiger partial charge is 0.481 e. The number of carbonyl (C=O) groups is 2. The van der Waals surface area contributed by atoms with E-state index in [0.717, 1.165) is 0 Å². The molecular formula is C12H24N2O3. The van der Waals surface area contributed by atoms with E-state index in [2.05, 4.69) is 0 Å². The van der Waals surface area contributed by atoms with E-state index in [0.29, 0.717) is 6.54 Å². The molecule has 0 heterocycles. The number of aliphatic carboxylic acids is 1. The number of amides is 1. The van der Waals surface area contributed by atoms with Gasteiger partial charge in [0.15, 0.2) is 0 Å². The Bertz CT molecular complexity index is 284. The number of likely N-dealkylation sites (N-methyl/N-ethyl adjacent to an activating group) is 1. The molecule has 0 spiro atoms. The van der Waals surface area contributed by atoms with Crippen LogP contribution in [0.4, 0.5) is 0 Å². The van der Waals surface area contributed by atoms with Crippen LogP contribution in [0.1, 0.15) is 41.0 Å². The lowest BCUT2D eigenvalue weighted by Gasteiger charge is -2.34. The second-order valence-electron chi connectivity index (χ2n) is 5.41. The summed E-state index contributed by atoms with van der Waals surface area (Å²) < 4.78 is 0. The maximum atomic E-state index is 12.2. The Balaban J connectivity index is 4.77. The van der Waals surface area contributed by atoms with Gasteiger partial charge in [-0.15, -0.1) is 0 Å². The maximum absolute atomic E-state index is 12.2. The molecule has 0 aliphatic rings. The van der Waals surface area contributed by atoms with Crippen molar-refractivity contribution in [2.24, 2.45) is 11.1 Å². The highest BCUT2D eigenvalue weighted by atomic mass is 16.4. The predicted octanol–water partition coefficient (Wildman–Crippen LogP) is 1.07. The van der Waals surface area contributed by atoms with Crippen molar-refractivity contribution in [1.29, 1.82) is 0 Å². The summed E-state index contributed by atoms with van der Waals surface area (Å²) in [5.41, 5.74) is 5.57. The molecule has 0 aliphatic heterocycles. The van der Waals surface area contributed by atoms with Crippen LogP contribution in [0.5, 0.6) is 0 Å². The van der Waals surface area contributed by atoms with Crippen molar-refractivity contribution < 1.29 is 14.7 Å². The third-order valence-electron chi connectivity index (χ3n) is 2.82. The van der Waals surface area contributed by atoms with Gasteiger partial charge in [-0.3, -0.25) is 9.59 Å². The number of rotatable bonds is 5. The van der Waals surface area contributed by atoms with E-state index in [1.54, 1.807) is 6.92 Å². The molecule has 5 nitrogen and oxygen atoms in total. The third-order valence-corrected chi connectivity index (χ3v) is 2.82.